The third kappa shape index (κ3) is 4.33. The molecule has 1 amide bonds. The summed E-state index contributed by atoms with van der Waals surface area (Å²) >= 11 is 0. The van der Waals surface area contributed by atoms with Gasteiger partial charge >= 0.3 is 5.97 Å². The predicted molar refractivity (Wildman–Crippen MR) is 85.3 cm³/mol. The first-order chi connectivity index (χ1) is 10.6. The van der Waals surface area contributed by atoms with Crippen molar-refractivity contribution in [1.29, 1.82) is 0 Å². The molecule has 0 aromatic heterocycles. The molecule has 4 heteroatoms. The van der Waals surface area contributed by atoms with Gasteiger partial charge in [0, 0.05) is 12.6 Å². The van der Waals surface area contributed by atoms with E-state index in [1.54, 1.807) is 0 Å². The van der Waals surface area contributed by atoms with Gasteiger partial charge in [0.1, 0.15) is 0 Å². The molecule has 1 aromatic rings. The lowest BCUT2D eigenvalue weighted by atomic mass is 10.1. The van der Waals surface area contributed by atoms with E-state index in [-0.39, 0.29) is 23.8 Å². The van der Waals surface area contributed by atoms with Gasteiger partial charge in [-0.3, -0.25) is 9.59 Å². The van der Waals surface area contributed by atoms with Crippen LogP contribution in [0.3, 0.4) is 0 Å². The van der Waals surface area contributed by atoms with Crippen molar-refractivity contribution in [3.8, 4) is 0 Å². The van der Waals surface area contributed by atoms with Crippen LogP contribution < -0.4 is 0 Å². The van der Waals surface area contributed by atoms with Crippen LogP contribution in [0, 0.1) is 5.92 Å². The summed E-state index contributed by atoms with van der Waals surface area (Å²) < 4.78 is 4.80. The number of hydrogen-bond donors (Lipinski definition) is 0. The van der Waals surface area contributed by atoms with E-state index in [2.05, 4.69) is 0 Å². The van der Waals surface area contributed by atoms with Gasteiger partial charge in [0.15, 0.2) is 0 Å². The number of amides is 1. The second kappa shape index (κ2) is 7.97. The van der Waals surface area contributed by atoms with Gasteiger partial charge in [0.05, 0.1) is 19.4 Å². The van der Waals surface area contributed by atoms with Crippen LogP contribution in [-0.4, -0.2) is 36.5 Å². The van der Waals surface area contributed by atoms with Crippen LogP contribution in [0.5, 0.6) is 0 Å². The number of rotatable bonds is 6. The molecule has 1 aliphatic rings. The van der Waals surface area contributed by atoms with E-state index in [4.69, 9.17) is 4.74 Å². The average molecular weight is 303 g/mol. The van der Waals surface area contributed by atoms with Crippen molar-refractivity contribution < 1.29 is 14.3 Å². The molecule has 0 N–H and O–H groups in total. The lowest BCUT2D eigenvalue weighted by Gasteiger charge is -2.31. The zero-order chi connectivity index (χ0) is 15.9. The maximum absolute atomic E-state index is 12.7. The number of carbonyl (C=O) groups excluding carboxylic acids is 2. The molecule has 4 nitrogen and oxygen atoms in total. The number of hydrogen-bond acceptors (Lipinski definition) is 3. The number of esters is 1. The zero-order valence-electron chi connectivity index (χ0n) is 13.5. The Morgan fingerprint density at radius 2 is 1.86 bits per heavy atom. The summed E-state index contributed by atoms with van der Waals surface area (Å²) in [5, 5.41) is 0. The summed E-state index contributed by atoms with van der Waals surface area (Å²) in [4.78, 5) is 26.3. The highest BCUT2D eigenvalue weighted by Gasteiger charge is 2.29. The van der Waals surface area contributed by atoms with Crippen LogP contribution >= 0.6 is 0 Å². The monoisotopic (exact) mass is 303 g/mol. The van der Waals surface area contributed by atoms with Gasteiger partial charge in [-0.1, -0.05) is 50.1 Å². The Balaban J connectivity index is 2.06. The number of methoxy groups -OCH3 is 1. The number of benzene rings is 1. The van der Waals surface area contributed by atoms with Gasteiger partial charge in [-0.25, -0.2) is 0 Å². The van der Waals surface area contributed by atoms with Crippen molar-refractivity contribution in [3.63, 3.8) is 0 Å². The molecule has 0 spiro atoms. The van der Waals surface area contributed by atoms with Crippen molar-refractivity contribution in [2.24, 2.45) is 5.92 Å². The SMILES string of the molecule is COC(=O)C(C)CN(C(=O)Cc1ccccc1)C1CCCC1. The molecule has 1 atom stereocenters. The minimum Gasteiger partial charge on any atom is -0.469 e. The van der Waals surface area contributed by atoms with Gasteiger partial charge in [-0.2, -0.15) is 0 Å². The molecule has 0 saturated heterocycles. The molecular weight excluding hydrogens is 278 g/mol. The van der Waals surface area contributed by atoms with Crippen LogP contribution in [0.25, 0.3) is 0 Å². The maximum atomic E-state index is 12.7. The summed E-state index contributed by atoms with van der Waals surface area (Å²) in [5.74, 6) is -0.435. The fourth-order valence-electron chi connectivity index (χ4n) is 3.11. The van der Waals surface area contributed by atoms with Crippen LogP contribution in [0.2, 0.25) is 0 Å². The van der Waals surface area contributed by atoms with Crippen LogP contribution in [0.15, 0.2) is 30.3 Å². The molecule has 2 rings (SSSR count). The normalized spacial score (nSPS) is 16.3. The lowest BCUT2D eigenvalue weighted by molar-refractivity contribution is -0.147. The van der Waals surface area contributed by atoms with E-state index >= 15 is 0 Å². The van der Waals surface area contributed by atoms with E-state index < -0.39 is 0 Å². The van der Waals surface area contributed by atoms with Crippen LogP contribution in [-0.2, 0) is 20.7 Å². The first-order valence-electron chi connectivity index (χ1n) is 8.03. The van der Waals surface area contributed by atoms with E-state index in [9.17, 15) is 9.59 Å². The van der Waals surface area contributed by atoms with Crippen molar-refractivity contribution in [1.82, 2.24) is 4.90 Å². The Kier molecular flexibility index (Phi) is 5.99. The van der Waals surface area contributed by atoms with Crippen molar-refractivity contribution in [2.45, 2.75) is 45.1 Å². The second-order valence-electron chi connectivity index (χ2n) is 6.07. The highest BCUT2D eigenvalue weighted by molar-refractivity contribution is 5.80. The summed E-state index contributed by atoms with van der Waals surface area (Å²) in [6.07, 6.45) is 4.78. The minimum atomic E-state index is -0.287. The van der Waals surface area contributed by atoms with Crippen LogP contribution in [0.1, 0.15) is 38.2 Å². The summed E-state index contributed by atoms with van der Waals surface area (Å²) in [5.41, 5.74) is 1.02. The first kappa shape index (κ1) is 16.5. The molecule has 22 heavy (non-hydrogen) atoms. The Morgan fingerprint density at radius 1 is 1.23 bits per heavy atom. The molecule has 1 unspecified atom stereocenters. The van der Waals surface area contributed by atoms with Gasteiger partial charge in [0.25, 0.3) is 0 Å². The Hall–Kier alpha value is -1.84. The fourth-order valence-corrected chi connectivity index (χ4v) is 3.11. The van der Waals surface area contributed by atoms with Gasteiger partial charge in [-0.05, 0) is 18.4 Å². The zero-order valence-corrected chi connectivity index (χ0v) is 13.5. The Bertz CT molecular complexity index is 494. The largest absolute Gasteiger partial charge is 0.469 e. The Morgan fingerprint density at radius 3 is 2.45 bits per heavy atom. The van der Waals surface area contributed by atoms with E-state index in [1.807, 2.05) is 42.2 Å². The third-order valence-corrected chi connectivity index (χ3v) is 4.36. The smallest absolute Gasteiger partial charge is 0.310 e. The number of nitrogens with zero attached hydrogens (tertiary/aromatic N) is 1. The van der Waals surface area contributed by atoms with Gasteiger partial charge < -0.3 is 9.64 Å². The molecule has 0 heterocycles. The predicted octanol–water partition coefficient (Wildman–Crippen LogP) is 2.81. The molecule has 120 valence electrons. The molecule has 1 aliphatic carbocycles. The fraction of sp³-hybridized carbons (Fsp3) is 0.556. The second-order valence-corrected chi connectivity index (χ2v) is 6.07. The minimum absolute atomic E-state index is 0.105. The van der Waals surface area contributed by atoms with Crippen molar-refractivity contribution in [3.05, 3.63) is 35.9 Å². The number of carbonyl (C=O) groups is 2. The average Bonchev–Trinajstić information content (AvgIpc) is 3.06. The van der Waals surface area contributed by atoms with E-state index in [1.165, 1.54) is 7.11 Å². The van der Waals surface area contributed by atoms with Crippen LogP contribution in [0.4, 0.5) is 0 Å². The summed E-state index contributed by atoms with van der Waals surface area (Å²) in [7, 11) is 1.39. The molecule has 0 bridgehead atoms. The van der Waals surface area contributed by atoms with Crippen molar-refractivity contribution >= 4 is 11.9 Å². The molecule has 1 saturated carbocycles. The molecule has 1 fully saturated rings. The van der Waals surface area contributed by atoms with E-state index in [0.29, 0.717) is 13.0 Å². The highest BCUT2D eigenvalue weighted by Crippen LogP contribution is 2.25. The standard InChI is InChI=1S/C18H25NO3/c1-14(18(21)22-2)13-19(16-10-6-7-11-16)17(20)12-15-8-4-3-5-9-15/h3-5,8-9,14,16H,6-7,10-13H2,1-2H3. The quantitative estimate of drug-likeness (QED) is 0.759. The molecule has 1 aromatic carbocycles. The van der Waals surface area contributed by atoms with Crippen molar-refractivity contribution in [2.75, 3.05) is 13.7 Å². The lowest BCUT2D eigenvalue weighted by Crippen LogP contribution is -2.43. The first-order valence-corrected chi connectivity index (χ1v) is 8.03. The summed E-state index contributed by atoms with van der Waals surface area (Å²) in [6.45, 7) is 2.27. The Labute approximate surface area is 132 Å². The highest BCUT2D eigenvalue weighted by atomic mass is 16.5. The molecule has 0 aliphatic heterocycles. The number of ether oxygens (including phenoxy) is 1. The topological polar surface area (TPSA) is 46.6 Å². The van der Waals surface area contributed by atoms with E-state index in [0.717, 1.165) is 31.2 Å². The summed E-state index contributed by atoms with van der Waals surface area (Å²) in [6, 6.07) is 10.0. The maximum Gasteiger partial charge on any atom is 0.310 e. The van der Waals surface area contributed by atoms with Gasteiger partial charge in [-0.15, -0.1) is 0 Å². The third-order valence-electron chi connectivity index (χ3n) is 4.36. The van der Waals surface area contributed by atoms with Gasteiger partial charge in [0.2, 0.25) is 5.91 Å². The molecular formula is C18H25NO3. The molecule has 0 radical (unpaired) electrons.